The number of furan rings is 1. The summed E-state index contributed by atoms with van der Waals surface area (Å²) in [4.78, 5) is 7.31. The Morgan fingerprint density at radius 3 is 1.69 bits per heavy atom. The molecule has 0 N–H and O–H groups in total. The summed E-state index contributed by atoms with van der Waals surface area (Å²) in [6.07, 6.45) is 6.18. The number of benzene rings is 8. The summed E-state index contributed by atoms with van der Waals surface area (Å²) in [5.74, 6) is 0. The quantitative estimate of drug-likeness (QED) is 0.160. The number of hydrogen-bond donors (Lipinski definition) is 0. The molecule has 4 nitrogen and oxygen atoms in total. The van der Waals surface area contributed by atoms with Gasteiger partial charge in [-0.05, 0) is 152 Å². The summed E-state index contributed by atoms with van der Waals surface area (Å²) in [5, 5.41) is 1.07. The second-order valence-corrected chi connectivity index (χ2v) is 25.6. The number of hydrogen-bond acceptors (Lipinski definition) is 4. The zero-order valence-corrected chi connectivity index (χ0v) is 45.7. The molecule has 0 spiro atoms. The molecule has 4 aliphatic rings. The van der Waals surface area contributed by atoms with Crippen LogP contribution in [-0.4, -0.2) is 12.3 Å². The maximum absolute atomic E-state index is 11.4. The Labute approximate surface area is 448 Å². The lowest BCUT2D eigenvalue weighted by Crippen LogP contribution is -2.61. The molecule has 13 rings (SSSR count). The molecule has 374 valence electrons. The van der Waals surface area contributed by atoms with E-state index in [4.69, 9.17) is 4.42 Å². The molecule has 4 heterocycles. The minimum atomic E-state index is -0.409. The summed E-state index contributed by atoms with van der Waals surface area (Å²) < 4.78 is 29.3. The van der Waals surface area contributed by atoms with E-state index < -0.39 is 5.54 Å². The highest BCUT2D eigenvalue weighted by molar-refractivity contribution is 7.00. The second kappa shape index (κ2) is 16.6. The third-order valence-corrected chi connectivity index (χ3v) is 17.9. The Kier molecular flexibility index (Phi) is 10.0. The molecule has 9 aromatic rings. The Bertz CT molecular complexity index is 3810. The maximum Gasteiger partial charge on any atom is 0.252 e. The van der Waals surface area contributed by atoms with Crippen molar-refractivity contribution in [2.75, 3.05) is 14.7 Å². The standard InChI is InChI=1S/C70H70BN3O/c1-66(2,3)49-37-50(67(4,5)6)39-52(38-49)73-61-42-54-56(68(7,8)9)44-75-64(54)43-58(61)71-57-36-48(46-24-16-13-17-25-46)30-33-60(57)72(51-31-28-47(29-32-51)45-22-14-12-15-23-45)62-40-53(41-63(73)65(62)71)74-59-27-19-18-26-55(59)69(10)34-20-21-35-70(69,74)11/h12-19,22-33,36-44H,20-21,34-35H2,1-11H3/i40D,41D. The predicted molar refractivity (Wildman–Crippen MR) is 320 cm³/mol. The molecule has 1 saturated carbocycles. The van der Waals surface area contributed by atoms with Crippen LogP contribution < -0.4 is 31.1 Å². The molecule has 75 heavy (non-hydrogen) atoms. The van der Waals surface area contributed by atoms with Gasteiger partial charge in [-0.1, -0.05) is 191 Å². The van der Waals surface area contributed by atoms with E-state index >= 15 is 0 Å². The van der Waals surface area contributed by atoms with Gasteiger partial charge in [-0.2, -0.15) is 0 Å². The van der Waals surface area contributed by atoms with Gasteiger partial charge in [0.15, 0.2) is 0 Å². The van der Waals surface area contributed by atoms with Crippen molar-refractivity contribution in [1.29, 1.82) is 0 Å². The summed E-state index contributed by atoms with van der Waals surface area (Å²) in [5.41, 5.74) is 19.7. The number of nitrogens with zero attached hydrogens (tertiary/aromatic N) is 3. The van der Waals surface area contributed by atoms with Crippen molar-refractivity contribution in [3.05, 3.63) is 198 Å². The zero-order valence-electron chi connectivity index (χ0n) is 47.7. The van der Waals surface area contributed by atoms with Gasteiger partial charge in [0.1, 0.15) is 5.58 Å². The van der Waals surface area contributed by atoms with Crippen molar-refractivity contribution in [2.45, 2.75) is 129 Å². The topological polar surface area (TPSA) is 22.9 Å². The fourth-order valence-corrected chi connectivity index (χ4v) is 13.5. The van der Waals surface area contributed by atoms with Crippen LogP contribution >= 0.6 is 0 Å². The van der Waals surface area contributed by atoms with Crippen LogP contribution in [0.3, 0.4) is 0 Å². The highest BCUT2D eigenvalue weighted by Gasteiger charge is 2.58. The molecule has 1 fully saturated rings. The minimum Gasteiger partial charge on any atom is -0.464 e. The first-order valence-electron chi connectivity index (χ1n) is 28.4. The lowest BCUT2D eigenvalue weighted by molar-refractivity contribution is 0.195. The number of fused-ring (bicyclic) bond motifs is 8. The summed E-state index contributed by atoms with van der Waals surface area (Å²) in [6, 6.07) is 58.7. The first-order valence-corrected chi connectivity index (χ1v) is 27.4. The molecule has 2 unspecified atom stereocenters. The molecular formula is C70H70BN3O. The van der Waals surface area contributed by atoms with E-state index in [2.05, 4.69) is 249 Å². The largest absolute Gasteiger partial charge is 0.464 e. The van der Waals surface area contributed by atoms with Gasteiger partial charge in [-0.15, -0.1) is 0 Å². The van der Waals surface area contributed by atoms with Crippen molar-refractivity contribution in [2.24, 2.45) is 0 Å². The zero-order chi connectivity index (χ0) is 53.7. The normalized spacial score (nSPS) is 19.3. The van der Waals surface area contributed by atoms with Crippen molar-refractivity contribution in [1.82, 2.24) is 0 Å². The van der Waals surface area contributed by atoms with Crippen LogP contribution in [0.15, 0.2) is 180 Å². The lowest BCUT2D eigenvalue weighted by Gasteiger charge is -2.51. The Morgan fingerprint density at radius 2 is 1.05 bits per heavy atom. The molecule has 0 bridgehead atoms. The molecule has 0 amide bonds. The van der Waals surface area contributed by atoms with Gasteiger partial charge in [0.2, 0.25) is 0 Å². The molecule has 5 heteroatoms. The Morgan fingerprint density at radius 1 is 0.493 bits per heavy atom. The number of rotatable bonds is 5. The minimum absolute atomic E-state index is 0.181. The van der Waals surface area contributed by atoms with E-state index in [1.807, 2.05) is 6.26 Å². The third-order valence-electron chi connectivity index (χ3n) is 17.9. The van der Waals surface area contributed by atoms with E-state index in [9.17, 15) is 2.74 Å². The predicted octanol–water partition coefficient (Wildman–Crippen LogP) is 17.5. The molecule has 8 aromatic carbocycles. The van der Waals surface area contributed by atoms with Crippen LogP contribution in [0.2, 0.25) is 0 Å². The SMILES string of the molecule is [2H]c1c2c3c(c([2H])c1N1c4ccccc4C4(C)CCCCC14C)N(c1cc(C(C)(C)C)cc(C(C)(C)C)c1)c1cc4c(C(C)(C)C)coc4cc1B3c1cc(-c3ccccc3)ccc1N2c1ccc(-c2ccccc2)cc1. The average molecular weight is 982 g/mol. The van der Waals surface area contributed by atoms with Crippen LogP contribution in [0.25, 0.3) is 33.2 Å². The van der Waals surface area contributed by atoms with Crippen molar-refractivity contribution < 1.29 is 7.16 Å². The smallest absolute Gasteiger partial charge is 0.252 e. The van der Waals surface area contributed by atoms with Gasteiger partial charge in [-0.3, -0.25) is 0 Å². The molecule has 0 radical (unpaired) electrons. The van der Waals surface area contributed by atoms with Gasteiger partial charge in [0, 0.05) is 61.9 Å². The molecule has 1 aromatic heterocycles. The molecule has 1 aliphatic carbocycles. The van der Waals surface area contributed by atoms with Gasteiger partial charge in [0.25, 0.3) is 6.71 Å². The van der Waals surface area contributed by atoms with Crippen molar-refractivity contribution in [3.8, 4) is 22.3 Å². The highest BCUT2D eigenvalue weighted by Crippen LogP contribution is 2.62. The van der Waals surface area contributed by atoms with Crippen LogP contribution in [0.5, 0.6) is 0 Å². The number of para-hydroxylation sites is 1. The molecule has 2 atom stereocenters. The van der Waals surface area contributed by atoms with Crippen LogP contribution in [0.4, 0.5) is 45.5 Å². The second-order valence-electron chi connectivity index (χ2n) is 25.6. The van der Waals surface area contributed by atoms with Gasteiger partial charge in [-0.25, -0.2) is 0 Å². The monoisotopic (exact) mass is 982 g/mol. The summed E-state index contributed by atoms with van der Waals surface area (Å²) in [6.45, 7) is 25.2. The molecule has 0 saturated heterocycles. The van der Waals surface area contributed by atoms with Crippen LogP contribution in [-0.2, 0) is 21.7 Å². The fraction of sp³-hybridized carbons (Fsp3) is 0.286. The lowest BCUT2D eigenvalue weighted by atomic mass is 9.33. The highest BCUT2D eigenvalue weighted by atomic mass is 16.3. The third kappa shape index (κ3) is 7.31. The van der Waals surface area contributed by atoms with Gasteiger partial charge >= 0.3 is 0 Å². The van der Waals surface area contributed by atoms with Crippen molar-refractivity contribution >= 4 is 79.6 Å². The molecular weight excluding hydrogens is 910 g/mol. The fourth-order valence-electron chi connectivity index (χ4n) is 13.5. The van der Waals surface area contributed by atoms with Gasteiger partial charge < -0.3 is 19.1 Å². The Hall–Kier alpha value is -7.24. The summed E-state index contributed by atoms with van der Waals surface area (Å²) in [7, 11) is 0. The van der Waals surface area contributed by atoms with E-state index in [-0.39, 0.29) is 28.4 Å². The van der Waals surface area contributed by atoms with E-state index in [1.165, 1.54) is 16.7 Å². The van der Waals surface area contributed by atoms with Gasteiger partial charge in [0.05, 0.1) is 14.5 Å². The first kappa shape index (κ1) is 45.2. The summed E-state index contributed by atoms with van der Waals surface area (Å²) >= 11 is 0. The van der Waals surface area contributed by atoms with Crippen molar-refractivity contribution in [3.63, 3.8) is 0 Å². The number of anilines is 8. The molecule has 3 aliphatic heterocycles. The Balaban J connectivity index is 1.21. The average Bonchev–Trinajstić information content (AvgIpc) is 3.82. The van der Waals surface area contributed by atoms with Crippen LogP contribution in [0.1, 0.15) is 127 Å². The van der Waals surface area contributed by atoms with Crippen LogP contribution in [0, 0.1) is 0 Å². The van der Waals surface area contributed by atoms with E-state index in [1.54, 1.807) is 0 Å². The first-order chi connectivity index (χ1) is 36.7. The van der Waals surface area contributed by atoms with E-state index in [0.717, 1.165) is 121 Å². The van der Waals surface area contributed by atoms with E-state index in [0.29, 0.717) is 17.8 Å². The maximum atomic E-state index is 11.4.